The number of hydrogen-bond acceptors (Lipinski definition) is 13. The number of rotatable bonds is 23. The van der Waals surface area contributed by atoms with Crippen molar-refractivity contribution in [2.45, 2.75) is 128 Å². The Labute approximate surface area is 290 Å². The second-order valence-electron chi connectivity index (χ2n) is 13.6. The fourth-order valence-electron chi connectivity index (χ4n) is 3.75. The molecule has 0 aromatic carbocycles. The maximum absolute atomic E-state index is 11.6. The van der Waals surface area contributed by atoms with Gasteiger partial charge in [-0.15, -0.1) is 0 Å². The van der Waals surface area contributed by atoms with E-state index in [0.29, 0.717) is 12.6 Å². The first-order chi connectivity index (χ1) is 22.0. The Hall–Kier alpha value is -0.970. The summed E-state index contributed by atoms with van der Waals surface area (Å²) in [5.41, 5.74) is 10.4. The third kappa shape index (κ3) is 45.0. The summed E-state index contributed by atoms with van der Waals surface area (Å²) in [6, 6.07) is 0.479. The van der Waals surface area contributed by atoms with Crippen molar-refractivity contribution in [2.75, 3.05) is 88.3 Å². The van der Waals surface area contributed by atoms with Crippen LogP contribution in [0.15, 0.2) is 0 Å². The van der Waals surface area contributed by atoms with E-state index in [1.165, 1.54) is 6.42 Å². The molecule has 0 aromatic heterocycles. The predicted octanol–water partition coefficient (Wildman–Crippen LogP) is 0.916. The zero-order chi connectivity index (χ0) is 37.2. The molecule has 0 radical (unpaired) electrons. The largest absolute Gasteiger partial charge is 0.459 e. The lowest BCUT2D eigenvalue weighted by Crippen LogP contribution is -2.39. The van der Waals surface area contributed by atoms with Gasteiger partial charge in [0.05, 0.1) is 25.4 Å². The SMILES string of the molecule is CNC(CCCN)C(=O)OC(C)(C)C.CNCCCC(CO)NC.CNCCCC(COC(C)(C)C)NC.CNCCCC(N)CO. The standard InChI is InChI=1S/C11H26N2O.C10H22N2O2.C7H18N2O.C6H16N2O/c1-11(2,3)14-9-10(13-5)7-6-8-12-4;1-10(2,3)14-9(13)8(12-4)6-5-7-11;1-8-5-3-4-7(6-10)9-2;1-8-4-2-3-6(7)5-9/h10,12-13H,6-9H2,1-5H3;8,12H,5-7,11H2,1-4H3;7-10H,3-6H2,1-2H3;6,8-9H,2-5,7H2,1H3. The van der Waals surface area contributed by atoms with Crippen LogP contribution in [0.1, 0.15) is 92.9 Å². The molecule has 13 heteroatoms. The number of nitrogens with one attached hydrogen (secondary N) is 6. The summed E-state index contributed by atoms with van der Waals surface area (Å²) >= 11 is 0. The van der Waals surface area contributed by atoms with Crippen molar-refractivity contribution in [2.24, 2.45) is 11.5 Å². The molecular formula is C34H82N8O5. The number of hydrogen-bond donors (Lipinski definition) is 10. The first-order valence-corrected chi connectivity index (χ1v) is 17.6. The Kier molecular flexibility index (Phi) is 40.8. The van der Waals surface area contributed by atoms with Crippen LogP contribution in [0.2, 0.25) is 0 Å². The maximum Gasteiger partial charge on any atom is 0.323 e. The minimum Gasteiger partial charge on any atom is -0.459 e. The van der Waals surface area contributed by atoms with Crippen LogP contribution in [0.25, 0.3) is 0 Å². The van der Waals surface area contributed by atoms with Crippen molar-refractivity contribution in [3.63, 3.8) is 0 Å². The number of ether oxygens (including phenoxy) is 2. The van der Waals surface area contributed by atoms with Crippen LogP contribution in [0, 0.1) is 0 Å². The number of esters is 1. The van der Waals surface area contributed by atoms with Crippen LogP contribution < -0.4 is 43.4 Å². The van der Waals surface area contributed by atoms with Gasteiger partial charge in [0, 0.05) is 18.1 Å². The van der Waals surface area contributed by atoms with Gasteiger partial charge >= 0.3 is 5.97 Å². The Morgan fingerprint density at radius 2 is 1.13 bits per heavy atom. The fourth-order valence-corrected chi connectivity index (χ4v) is 3.75. The molecular weight excluding hydrogens is 600 g/mol. The van der Waals surface area contributed by atoms with E-state index in [0.717, 1.165) is 71.2 Å². The molecule has 12 N–H and O–H groups in total. The van der Waals surface area contributed by atoms with Crippen LogP contribution in [-0.2, 0) is 14.3 Å². The third-order valence-corrected chi connectivity index (χ3v) is 6.69. The van der Waals surface area contributed by atoms with Gasteiger partial charge in [-0.1, -0.05) is 0 Å². The van der Waals surface area contributed by atoms with E-state index in [4.69, 9.17) is 31.2 Å². The smallest absolute Gasteiger partial charge is 0.323 e. The molecule has 47 heavy (non-hydrogen) atoms. The highest BCUT2D eigenvalue weighted by Gasteiger charge is 2.23. The normalized spacial score (nSPS) is 13.9. The molecule has 0 fully saturated rings. The van der Waals surface area contributed by atoms with E-state index in [-0.39, 0.29) is 42.9 Å². The van der Waals surface area contributed by atoms with Gasteiger partial charge in [-0.25, -0.2) is 0 Å². The van der Waals surface area contributed by atoms with Gasteiger partial charge in [0.1, 0.15) is 11.6 Å². The zero-order valence-electron chi connectivity index (χ0n) is 32.7. The van der Waals surface area contributed by atoms with Crippen molar-refractivity contribution in [1.82, 2.24) is 31.9 Å². The van der Waals surface area contributed by atoms with Crippen LogP contribution in [0.3, 0.4) is 0 Å². The van der Waals surface area contributed by atoms with Crippen molar-refractivity contribution in [1.29, 1.82) is 0 Å². The molecule has 0 saturated heterocycles. The van der Waals surface area contributed by atoms with E-state index in [1.54, 1.807) is 7.05 Å². The second kappa shape index (κ2) is 36.3. The average molecular weight is 683 g/mol. The van der Waals surface area contributed by atoms with Gasteiger partial charge in [0.25, 0.3) is 0 Å². The molecule has 0 rings (SSSR count). The van der Waals surface area contributed by atoms with Crippen LogP contribution in [0.5, 0.6) is 0 Å². The van der Waals surface area contributed by atoms with Crippen molar-refractivity contribution in [3.05, 3.63) is 0 Å². The number of aliphatic hydroxyl groups is 2. The molecule has 0 saturated carbocycles. The van der Waals surface area contributed by atoms with Gasteiger partial charge in [-0.2, -0.15) is 0 Å². The molecule has 0 bridgehead atoms. The summed E-state index contributed by atoms with van der Waals surface area (Å²) < 4.78 is 11.0. The minimum atomic E-state index is -0.422. The fraction of sp³-hybridized carbons (Fsp3) is 0.971. The highest BCUT2D eigenvalue weighted by molar-refractivity contribution is 5.76. The third-order valence-electron chi connectivity index (χ3n) is 6.69. The lowest BCUT2D eigenvalue weighted by atomic mass is 10.1. The van der Waals surface area contributed by atoms with E-state index >= 15 is 0 Å². The van der Waals surface area contributed by atoms with Crippen LogP contribution in [0.4, 0.5) is 0 Å². The summed E-state index contributed by atoms with van der Waals surface area (Å²) in [5.74, 6) is -0.201. The monoisotopic (exact) mass is 683 g/mol. The van der Waals surface area contributed by atoms with Gasteiger partial charge in [0.2, 0.25) is 0 Å². The quantitative estimate of drug-likeness (QED) is 0.0539. The highest BCUT2D eigenvalue weighted by atomic mass is 16.6. The molecule has 0 heterocycles. The molecule has 4 atom stereocenters. The van der Waals surface area contributed by atoms with Crippen molar-refractivity contribution < 1.29 is 24.5 Å². The van der Waals surface area contributed by atoms with E-state index in [9.17, 15) is 4.79 Å². The van der Waals surface area contributed by atoms with E-state index < -0.39 is 5.60 Å². The topological polar surface area (TPSA) is 200 Å². The molecule has 288 valence electrons. The van der Waals surface area contributed by atoms with E-state index in [2.05, 4.69) is 52.7 Å². The first-order valence-electron chi connectivity index (χ1n) is 17.6. The zero-order valence-corrected chi connectivity index (χ0v) is 32.7. The molecule has 0 aliphatic rings. The Bertz CT molecular complexity index is 633. The Morgan fingerprint density at radius 1 is 0.660 bits per heavy atom. The minimum absolute atomic E-state index is 0.0293. The summed E-state index contributed by atoms with van der Waals surface area (Å²) in [5, 5.41) is 35.7. The molecule has 0 spiro atoms. The van der Waals surface area contributed by atoms with Gasteiger partial charge < -0.3 is 63.1 Å². The molecule has 13 nitrogen and oxygen atoms in total. The Morgan fingerprint density at radius 3 is 1.47 bits per heavy atom. The van der Waals surface area contributed by atoms with Crippen molar-refractivity contribution >= 4 is 5.97 Å². The molecule has 4 unspecified atom stereocenters. The predicted molar refractivity (Wildman–Crippen MR) is 200 cm³/mol. The lowest BCUT2D eigenvalue weighted by Gasteiger charge is -2.24. The van der Waals surface area contributed by atoms with Gasteiger partial charge in [0.15, 0.2) is 0 Å². The van der Waals surface area contributed by atoms with Crippen molar-refractivity contribution in [3.8, 4) is 0 Å². The number of nitrogens with two attached hydrogens (primary N) is 2. The summed E-state index contributed by atoms with van der Waals surface area (Å²) in [6.07, 6.45) is 7.99. The molecule has 0 aromatic rings. The Balaban J connectivity index is -0.000000267. The van der Waals surface area contributed by atoms with E-state index in [1.807, 2.05) is 56.0 Å². The molecule has 0 aliphatic heterocycles. The number of aliphatic hydroxyl groups excluding tert-OH is 2. The number of likely N-dealkylation sites (N-methyl/N-ethyl adjacent to an activating group) is 3. The lowest BCUT2D eigenvalue weighted by molar-refractivity contribution is -0.157. The van der Waals surface area contributed by atoms with Crippen LogP contribution >= 0.6 is 0 Å². The highest BCUT2D eigenvalue weighted by Crippen LogP contribution is 2.10. The second-order valence-corrected chi connectivity index (χ2v) is 13.6. The average Bonchev–Trinajstić information content (AvgIpc) is 3.01. The molecule has 0 aliphatic carbocycles. The van der Waals surface area contributed by atoms with Crippen LogP contribution in [-0.4, -0.2) is 140 Å². The van der Waals surface area contributed by atoms with Gasteiger partial charge in [-0.05, 0) is 161 Å². The number of carbonyl (C=O) groups excluding carboxylic acids is 1. The first kappa shape index (κ1) is 52.8. The summed E-state index contributed by atoms with van der Waals surface area (Å²) in [7, 11) is 11.5. The molecule has 0 amide bonds. The van der Waals surface area contributed by atoms with Gasteiger partial charge in [-0.3, -0.25) is 4.79 Å². The maximum atomic E-state index is 11.6. The summed E-state index contributed by atoms with van der Waals surface area (Å²) in [6.45, 7) is 16.7. The number of carbonyl (C=O) groups is 1. The summed E-state index contributed by atoms with van der Waals surface area (Å²) in [4.78, 5) is 11.6.